The quantitative estimate of drug-likeness (QED) is 0.744. The SMILES string of the molecule is COCCn1ncc(NCC(O)CC(C)C)c(Br)c1=O. The lowest BCUT2D eigenvalue weighted by Crippen LogP contribution is -2.27. The van der Waals surface area contributed by atoms with Gasteiger partial charge in [0.2, 0.25) is 0 Å². The highest BCUT2D eigenvalue weighted by atomic mass is 79.9. The predicted molar refractivity (Wildman–Crippen MR) is 82.0 cm³/mol. The molecule has 1 aromatic heterocycles. The Bertz CT molecular complexity index is 476. The summed E-state index contributed by atoms with van der Waals surface area (Å²) in [5, 5.41) is 16.9. The van der Waals surface area contributed by atoms with Crippen molar-refractivity contribution in [2.45, 2.75) is 32.9 Å². The molecule has 0 saturated heterocycles. The molecular weight excluding hydrogens is 326 g/mol. The third kappa shape index (κ3) is 5.22. The van der Waals surface area contributed by atoms with Crippen LogP contribution in [0.5, 0.6) is 0 Å². The lowest BCUT2D eigenvalue weighted by atomic mass is 10.1. The van der Waals surface area contributed by atoms with E-state index in [9.17, 15) is 9.90 Å². The fraction of sp³-hybridized carbons (Fsp3) is 0.692. The van der Waals surface area contributed by atoms with Gasteiger partial charge in [-0.3, -0.25) is 4.79 Å². The van der Waals surface area contributed by atoms with Gasteiger partial charge in [0.25, 0.3) is 5.56 Å². The predicted octanol–water partition coefficient (Wildman–Crippen LogP) is 1.47. The van der Waals surface area contributed by atoms with Crippen molar-refractivity contribution in [1.29, 1.82) is 0 Å². The van der Waals surface area contributed by atoms with Crippen LogP contribution in [-0.2, 0) is 11.3 Å². The minimum absolute atomic E-state index is 0.217. The number of halogens is 1. The van der Waals surface area contributed by atoms with Gasteiger partial charge in [0.15, 0.2) is 0 Å². The molecule has 0 saturated carbocycles. The summed E-state index contributed by atoms with van der Waals surface area (Å²) < 4.78 is 6.68. The molecule has 0 fully saturated rings. The van der Waals surface area contributed by atoms with E-state index >= 15 is 0 Å². The molecule has 6 nitrogen and oxygen atoms in total. The number of hydrogen-bond donors (Lipinski definition) is 2. The number of rotatable bonds is 8. The first kappa shape index (κ1) is 17.1. The third-order valence-corrected chi connectivity index (χ3v) is 3.53. The summed E-state index contributed by atoms with van der Waals surface area (Å²) in [4.78, 5) is 12.0. The van der Waals surface area contributed by atoms with E-state index < -0.39 is 6.10 Å². The summed E-state index contributed by atoms with van der Waals surface area (Å²) in [6.45, 7) is 5.33. The van der Waals surface area contributed by atoms with E-state index in [0.717, 1.165) is 0 Å². The molecule has 1 aromatic rings. The van der Waals surface area contributed by atoms with Gasteiger partial charge in [0.05, 0.1) is 31.1 Å². The molecule has 7 heteroatoms. The maximum Gasteiger partial charge on any atom is 0.283 e. The number of aliphatic hydroxyl groups excluding tert-OH is 1. The molecule has 0 aliphatic rings. The Hall–Kier alpha value is -0.920. The summed E-state index contributed by atoms with van der Waals surface area (Å²) in [7, 11) is 1.58. The second kappa shape index (κ2) is 8.39. The molecule has 0 aromatic carbocycles. The Morgan fingerprint density at radius 1 is 1.55 bits per heavy atom. The zero-order valence-electron chi connectivity index (χ0n) is 12.1. The van der Waals surface area contributed by atoms with Crippen LogP contribution in [0.25, 0.3) is 0 Å². The standard InChI is InChI=1S/C13H22BrN3O3/c1-9(2)6-10(18)7-15-11-8-16-17(4-5-20-3)13(19)12(11)14/h8-10,15,18H,4-7H2,1-3H3. The Kier molecular flexibility index (Phi) is 7.18. The molecule has 1 atom stereocenters. The molecule has 20 heavy (non-hydrogen) atoms. The molecule has 0 aliphatic carbocycles. The van der Waals surface area contributed by atoms with Crippen LogP contribution in [0.3, 0.4) is 0 Å². The van der Waals surface area contributed by atoms with Crippen molar-refractivity contribution in [3.63, 3.8) is 0 Å². The van der Waals surface area contributed by atoms with E-state index in [0.29, 0.717) is 42.2 Å². The molecule has 0 aliphatic heterocycles. The highest BCUT2D eigenvalue weighted by molar-refractivity contribution is 9.10. The van der Waals surface area contributed by atoms with Gasteiger partial charge in [0, 0.05) is 13.7 Å². The van der Waals surface area contributed by atoms with Crippen molar-refractivity contribution in [3.05, 3.63) is 21.0 Å². The molecule has 1 unspecified atom stereocenters. The van der Waals surface area contributed by atoms with Gasteiger partial charge in [-0.15, -0.1) is 0 Å². The monoisotopic (exact) mass is 347 g/mol. The Morgan fingerprint density at radius 3 is 2.85 bits per heavy atom. The van der Waals surface area contributed by atoms with Crippen LogP contribution in [0.1, 0.15) is 20.3 Å². The maximum atomic E-state index is 12.0. The van der Waals surface area contributed by atoms with Crippen molar-refractivity contribution in [2.24, 2.45) is 5.92 Å². The Morgan fingerprint density at radius 2 is 2.25 bits per heavy atom. The summed E-state index contributed by atoms with van der Waals surface area (Å²) in [5.41, 5.74) is 0.372. The number of nitrogens with one attached hydrogen (secondary N) is 1. The van der Waals surface area contributed by atoms with Crippen molar-refractivity contribution in [2.75, 3.05) is 25.6 Å². The number of hydrogen-bond acceptors (Lipinski definition) is 5. The average Bonchev–Trinajstić information content (AvgIpc) is 2.38. The van der Waals surface area contributed by atoms with Crippen LogP contribution in [0.2, 0.25) is 0 Å². The van der Waals surface area contributed by atoms with Crippen LogP contribution in [0.15, 0.2) is 15.5 Å². The zero-order chi connectivity index (χ0) is 15.1. The van der Waals surface area contributed by atoms with E-state index in [2.05, 4.69) is 40.2 Å². The van der Waals surface area contributed by atoms with E-state index in [1.807, 2.05) is 0 Å². The zero-order valence-corrected chi connectivity index (χ0v) is 13.7. The number of anilines is 1. The lowest BCUT2D eigenvalue weighted by molar-refractivity contribution is 0.161. The average molecular weight is 348 g/mol. The van der Waals surface area contributed by atoms with Crippen molar-refractivity contribution in [3.8, 4) is 0 Å². The van der Waals surface area contributed by atoms with Gasteiger partial charge < -0.3 is 15.2 Å². The van der Waals surface area contributed by atoms with E-state index in [1.165, 1.54) is 4.68 Å². The van der Waals surface area contributed by atoms with Gasteiger partial charge in [-0.25, -0.2) is 4.68 Å². The van der Waals surface area contributed by atoms with Crippen LogP contribution < -0.4 is 10.9 Å². The molecule has 114 valence electrons. The highest BCUT2D eigenvalue weighted by Crippen LogP contribution is 2.16. The topological polar surface area (TPSA) is 76.4 Å². The number of aromatic nitrogens is 2. The fourth-order valence-electron chi connectivity index (χ4n) is 1.78. The number of methoxy groups -OCH3 is 1. The van der Waals surface area contributed by atoms with Crippen LogP contribution in [0, 0.1) is 5.92 Å². The van der Waals surface area contributed by atoms with Crippen LogP contribution >= 0.6 is 15.9 Å². The molecule has 0 spiro atoms. The number of nitrogens with zero attached hydrogens (tertiary/aromatic N) is 2. The highest BCUT2D eigenvalue weighted by Gasteiger charge is 2.11. The molecule has 0 amide bonds. The summed E-state index contributed by atoms with van der Waals surface area (Å²) in [6, 6.07) is 0. The largest absolute Gasteiger partial charge is 0.391 e. The smallest absolute Gasteiger partial charge is 0.283 e. The number of ether oxygens (including phenoxy) is 1. The summed E-state index contributed by atoms with van der Waals surface area (Å²) in [5.74, 6) is 0.426. The fourth-order valence-corrected chi connectivity index (χ4v) is 2.23. The van der Waals surface area contributed by atoms with Gasteiger partial charge in [0.1, 0.15) is 4.47 Å². The first-order chi connectivity index (χ1) is 9.45. The van der Waals surface area contributed by atoms with Crippen LogP contribution in [0.4, 0.5) is 5.69 Å². The maximum absolute atomic E-state index is 12.0. The van der Waals surface area contributed by atoms with E-state index in [1.54, 1.807) is 13.3 Å². The molecule has 1 rings (SSSR count). The summed E-state index contributed by atoms with van der Waals surface area (Å²) >= 11 is 3.27. The molecule has 2 N–H and O–H groups in total. The summed E-state index contributed by atoms with van der Waals surface area (Å²) in [6.07, 6.45) is 1.84. The van der Waals surface area contributed by atoms with Crippen molar-refractivity contribution >= 4 is 21.6 Å². The van der Waals surface area contributed by atoms with Crippen molar-refractivity contribution in [1.82, 2.24) is 9.78 Å². The number of aliphatic hydroxyl groups is 1. The normalized spacial score (nSPS) is 12.7. The Labute approximate surface area is 127 Å². The first-order valence-corrected chi connectivity index (χ1v) is 7.41. The van der Waals surface area contributed by atoms with Gasteiger partial charge in [-0.05, 0) is 28.3 Å². The van der Waals surface area contributed by atoms with Crippen molar-refractivity contribution < 1.29 is 9.84 Å². The molecular formula is C13H22BrN3O3. The molecule has 1 heterocycles. The second-order valence-corrected chi connectivity index (χ2v) is 5.85. The van der Waals surface area contributed by atoms with E-state index in [-0.39, 0.29) is 5.56 Å². The minimum Gasteiger partial charge on any atom is -0.391 e. The molecule has 0 bridgehead atoms. The van der Waals surface area contributed by atoms with Gasteiger partial charge >= 0.3 is 0 Å². The van der Waals surface area contributed by atoms with Crippen LogP contribution in [-0.4, -0.2) is 41.3 Å². The Balaban J connectivity index is 2.68. The van der Waals surface area contributed by atoms with E-state index in [4.69, 9.17) is 4.74 Å². The first-order valence-electron chi connectivity index (χ1n) is 6.62. The second-order valence-electron chi connectivity index (χ2n) is 5.06. The third-order valence-electron chi connectivity index (χ3n) is 2.76. The lowest BCUT2D eigenvalue weighted by Gasteiger charge is -2.15. The van der Waals surface area contributed by atoms with Gasteiger partial charge in [-0.1, -0.05) is 13.8 Å². The molecule has 0 radical (unpaired) electrons. The minimum atomic E-state index is -0.446. The van der Waals surface area contributed by atoms with Gasteiger partial charge in [-0.2, -0.15) is 5.10 Å².